The van der Waals surface area contributed by atoms with Crippen molar-refractivity contribution in [2.45, 2.75) is 19.0 Å². The summed E-state index contributed by atoms with van der Waals surface area (Å²) in [5, 5.41) is 2.89. The highest BCUT2D eigenvalue weighted by atomic mass is 19.1. The molecule has 11 heteroatoms. The van der Waals surface area contributed by atoms with Gasteiger partial charge in [-0.15, -0.1) is 0 Å². The molecule has 0 bridgehead atoms. The van der Waals surface area contributed by atoms with Crippen LogP contribution >= 0.6 is 0 Å². The Bertz CT molecular complexity index is 2140. The number of nitrogens with two attached hydrogens (primary N) is 1. The summed E-state index contributed by atoms with van der Waals surface area (Å²) in [5.74, 6) is -3.95. The van der Waals surface area contributed by atoms with Crippen molar-refractivity contribution in [3.63, 3.8) is 0 Å². The van der Waals surface area contributed by atoms with Gasteiger partial charge in [0.05, 0.1) is 34.0 Å². The van der Waals surface area contributed by atoms with Crippen molar-refractivity contribution >= 4 is 22.8 Å². The molecular formula is C35H26F3N5O3. The van der Waals surface area contributed by atoms with E-state index in [-0.39, 0.29) is 29.8 Å². The Morgan fingerprint density at radius 2 is 1.52 bits per heavy atom. The van der Waals surface area contributed by atoms with E-state index < -0.39 is 41.0 Å². The maximum atomic E-state index is 14.3. The van der Waals surface area contributed by atoms with Crippen molar-refractivity contribution in [1.82, 2.24) is 19.4 Å². The number of hydrogen-bond acceptors (Lipinski definition) is 4. The Morgan fingerprint density at radius 1 is 0.826 bits per heavy atom. The lowest BCUT2D eigenvalue weighted by Gasteiger charge is -2.22. The van der Waals surface area contributed by atoms with Crippen LogP contribution in [0.2, 0.25) is 0 Å². The number of primary amides is 1. The molecule has 6 aromatic rings. The quantitative estimate of drug-likeness (QED) is 0.223. The molecule has 1 unspecified atom stereocenters. The van der Waals surface area contributed by atoms with Gasteiger partial charge in [0.15, 0.2) is 0 Å². The Morgan fingerprint density at radius 3 is 2.24 bits per heavy atom. The van der Waals surface area contributed by atoms with Crippen LogP contribution in [0.3, 0.4) is 0 Å². The molecule has 2 heterocycles. The van der Waals surface area contributed by atoms with Crippen LogP contribution in [0.4, 0.5) is 13.2 Å². The fourth-order valence-electron chi connectivity index (χ4n) is 5.57. The molecule has 46 heavy (non-hydrogen) atoms. The molecule has 2 amide bonds. The standard InChI is InChI=1S/C35H26F3N5O3/c36-23-15-21(16-24(37)19-23)17-29(33-26(9-6-14-40-33)22-12-13-28(38)27(18-22)34(39)45)41-32(44)20-42-30-10-4-5-11-31(30)43(35(42)46)25-7-2-1-3-8-25/h1-16,18-19,29H,17,20H2,(H2,39,45)(H,41,44). The minimum Gasteiger partial charge on any atom is -0.366 e. The first-order chi connectivity index (χ1) is 22.2. The molecule has 0 radical (unpaired) electrons. The number of rotatable bonds is 9. The van der Waals surface area contributed by atoms with Crippen LogP contribution < -0.4 is 16.7 Å². The van der Waals surface area contributed by atoms with Gasteiger partial charge in [0.1, 0.15) is 24.0 Å². The highest BCUT2D eigenvalue weighted by molar-refractivity contribution is 5.94. The van der Waals surface area contributed by atoms with Crippen LogP contribution in [0.25, 0.3) is 27.8 Å². The molecule has 2 aromatic heterocycles. The van der Waals surface area contributed by atoms with Crippen LogP contribution in [-0.2, 0) is 17.8 Å². The minimum absolute atomic E-state index is 0.0883. The van der Waals surface area contributed by atoms with E-state index in [1.54, 1.807) is 60.7 Å². The average Bonchev–Trinajstić information content (AvgIpc) is 3.31. The van der Waals surface area contributed by atoms with Gasteiger partial charge in [0, 0.05) is 17.8 Å². The molecule has 1 atom stereocenters. The number of fused-ring (bicyclic) bond motifs is 1. The third kappa shape index (κ3) is 6.03. The van der Waals surface area contributed by atoms with Gasteiger partial charge in [0.25, 0.3) is 5.91 Å². The molecule has 0 aliphatic carbocycles. The number of nitrogens with one attached hydrogen (secondary N) is 1. The summed E-state index contributed by atoms with van der Waals surface area (Å²) in [4.78, 5) is 43.8. The highest BCUT2D eigenvalue weighted by Gasteiger charge is 2.24. The Hall–Kier alpha value is -5.97. The zero-order valence-electron chi connectivity index (χ0n) is 24.2. The first kappa shape index (κ1) is 30.1. The van der Waals surface area contributed by atoms with Crippen LogP contribution in [0.15, 0.2) is 114 Å². The molecular weight excluding hydrogens is 595 g/mol. The van der Waals surface area contributed by atoms with Crippen LogP contribution in [0.5, 0.6) is 0 Å². The smallest absolute Gasteiger partial charge is 0.334 e. The lowest BCUT2D eigenvalue weighted by Crippen LogP contribution is -2.36. The predicted octanol–water partition coefficient (Wildman–Crippen LogP) is 5.47. The number of nitrogens with zero attached hydrogens (tertiary/aromatic N) is 3. The zero-order valence-corrected chi connectivity index (χ0v) is 24.2. The molecule has 3 N–H and O–H groups in total. The number of hydrogen-bond donors (Lipinski definition) is 2. The van der Waals surface area contributed by atoms with Crippen molar-refractivity contribution < 1.29 is 22.8 Å². The highest BCUT2D eigenvalue weighted by Crippen LogP contribution is 2.30. The number of carbonyl (C=O) groups is 2. The van der Waals surface area contributed by atoms with Crippen LogP contribution in [-0.4, -0.2) is 25.9 Å². The Kier molecular flexibility index (Phi) is 8.21. The number of carbonyl (C=O) groups excluding carboxylic acids is 2. The van der Waals surface area contributed by atoms with Gasteiger partial charge >= 0.3 is 5.69 Å². The van der Waals surface area contributed by atoms with Crippen molar-refractivity contribution in [2.24, 2.45) is 5.73 Å². The summed E-state index contributed by atoms with van der Waals surface area (Å²) in [6, 6.07) is 25.2. The fourth-order valence-corrected chi connectivity index (χ4v) is 5.57. The Labute approximate surface area is 260 Å². The molecule has 0 aliphatic heterocycles. The second kappa shape index (κ2) is 12.6. The van der Waals surface area contributed by atoms with Crippen molar-refractivity contribution in [1.29, 1.82) is 0 Å². The van der Waals surface area contributed by atoms with Gasteiger partial charge < -0.3 is 11.1 Å². The first-order valence-electron chi connectivity index (χ1n) is 14.2. The normalized spacial score (nSPS) is 11.8. The van der Waals surface area contributed by atoms with Gasteiger partial charge in [-0.3, -0.25) is 23.7 Å². The Balaban J connectivity index is 1.40. The molecule has 0 saturated heterocycles. The molecule has 230 valence electrons. The largest absolute Gasteiger partial charge is 0.366 e. The summed E-state index contributed by atoms with van der Waals surface area (Å²) in [6.07, 6.45) is 1.38. The number of amides is 2. The minimum atomic E-state index is -0.968. The van der Waals surface area contributed by atoms with Gasteiger partial charge in [-0.2, -0.15) is 0 Å². The molecule has 8 nitrogen and oxygen atoms in total. The lowest BCUT2D eigenvalue weighted by molar-refractivity contribution is -0.122. The van der Waals surface area contributed by atoms with Gasteiger partial charge in [-0.05, 0) is 72.1 Å². The number of imidazole rings is 1. The van der Waals surface area contributed by atoms with E-state index in [9.17, 15) is 27.6 Å². The van der Waals surface area contributed by atoms with E-state index in [1.807, 2.05) is 6.07 Å². The molecule has 0 spiro atoms. The second-order valence-corrected chi connectivity index (χ2v) is 10.6. The van der Waals surface area contributed by atoms with E-state index in [0.717, 1.165) is 24.3 Å². The topological polar surface area (TPSA) is 112 Å². The average molecular weight is 622 g/mol. The van der Waals surface area contributed by atoms with Crippen molar-refractivity contribution in [3.8, 4) is 16.8 Å². The van der Waals surface area contributed by atoms with Gasteiger partial charge in [0.2, 0.25) is 5.91 Å². The SMILES string of the molecule is NC(=O)c1cc(-c2cccnc2C(Cc2cc(F)cc(F)c2)NC(=O)Cn2c(=O)n(-c3ccccc3)c3ccccc32)ccc1F. The van der Waals surface area contributed by atoms with Crippen LogP contribution in [0.1, 0.15) is 27.7 Å². The van der Waals surface area contributed by atoms with E-state index >= 15 is 0 Å². The fraction of sp³-hybridized carbons (Fsp3) is 0.0857. The van der Waals surface area contributed by atoms with E-state index in [2.05, 4.69) is 10.3 Å². The summed E-state index contributed by atoms with van der Waals surface area (Å²) in [7, 11) is 0. The van der Waals surface area contributed by atoms with Crippen LogP contribution in [0, 0.1) is 17.5 Å². The summed E-state index contributed by atoms with van der Waals surface area (Å²) in [6.45, 7) is -0.377. The third-order valence-electron chi connectivity index (χ3n) is 7.56. The summed E-state index contributed by atoms with van der Waals surface area (Å²) in [5.41, 5.74) is 7.66. The summed E-state index contributed by atoms with van der Waals surface area (Å²) < 4.78 is 45.6. The monoisotopic (exact) mass is 621 g/mol. The van der Waals surface area contributed by atoms with Crippen molar-refractivity contribution in [2.75, 3.05) is 0 Å². The third-order valence-corrected chi connectivity index (χ3v) is 7.56. The maximum Gasteiger partial charge on any atom is 0.334 e. The number of pyridine rings is 1. The predicted molar refractivity (Wildman–Crippen MR) is 167 cm³/mol. The zero-order chi connectivity index (χ0) is 32.4. The number of aromatic nitrogens is 3. The second-order valence-electron chi connectivity index (χ2n) is 10.6. The summed E-state index contributed by atoms with van der Waals surface area (Å²) >= 11 is 0. The number of halogens is 3. The van der Waals surface area contributed by atoms with Gasteiger partial charge in [-0.1, -0.05) is 42.5 Å². The molecule has 0 saturated carbocycles. The van der Waals surface area contributed by atoms with E-state index in [4.69, 9.17) is 5.73 Å². The maximum absolute atomic E-state index is 14.3. The van der Waals surface area contributed by atoms with E-state index in [1.165, 1.54) is 27.5 Å². The lowest BCUT2D eigenvalue weighted by atomic mass is 9.94. The molecule has 0 aliphatic rings. The number of para-hydroxylation sites is 3. The van der Waals surface area contributed by atoms with E-state index in [0.29, 0.717) is 27.8 Å². The first-order valence-corrected chi connectivity index (χ1v) is 14.2. The number of benzene rings is 4. The molecule has 4 aromatic carbocycles. The molecule has 0 fully saturated rings. The molecule has 6 rings (SSSR count). The van der Waals surface area contributed by atoms with Crippen molar-refractivity contribution in [3.05, 3.63) is 154 Å². The van der Waals surface area contributed by atoms with Gasteiger partial charge in [-0.25, -0.2) is 18.0 Å².